The molecule has 0 radical (unpaired) electrons. The molecule has 2 atom stereocenters. The van der Waals surface area contributed by atoms with Crippen LogP contribution in [0.15, 0.2) is 30.7 Å². The lowest BCUT2D eigenvalue weighted by atomic mass is 9.84. The number of pyridine rings is 1. The summed E-state index contributed by atoms with van der Waals surface area (Å²) < 4.78 is 15.9. The van der Waals surface area contributed by atoms with Gasteiger partial charge in [-0.25, -0.2) is 4.98 Å². The number of aryl methyl sites for hydroxylation is 1. The highest BCUT2D eigenvalue weighted by Gasteiger charge is 2.55. The van der Waals surface area contributed by atoms with Gasteiger partial charge in [0.25, 0.3) is 5.91 Å². The fraction of sp³-hybridized carbons (Fsp3) is 0.522. The van der Waals surface area contributed by atoms with E-state index in [0.29, 0.717) is 23.7 Å². The van der Waals surface area contributed by atoms with E-state index in [0.717, 1.165) is 49.9 Å². The molecule has 4 heterocycles. The number of rotatable bonds is 5. The van der Waals surface area contributed by atoms with Crippen LogP contribution in [0.5, 0.6) is 5.75 Å². The summed E-state index contributed by atoms with van der Waals surface area (Å²) in [6.07, 6.45) is 12.2. The van der Waals surface area contributed by atoms with Gasteiger partial charge in [0, 0.05) is 43.2 Å². The molecular weight excluding hydrogens is 394 g/mol. The van der Waals surface area contributed by atoms with Gasteiger partial charge in [0.15, 0.2) is 5.82 Å². The van der Waals surface area contributed by atoms with Gasteiger partial charge in [-0.3, -0.25) is 9.48 Å². The van der Waals surface area contributed by atoms with Gasteiger partial charge in [-0.1, -0.05) is 0 Å². The molecule has 1 amide bonds. The lowest BCUT2D eigenvalue weighted by Gasteiger charge is -2.27. The predicted molar refractivity (Wildman–Crippen MR) is 115 cm³/mol. The zero-order valence-electron chi connectivity index (χ0n) is 17.9. The monoisotopic (exact) mass is 421 g/mol. The minimum atomic E-state index is -0.235. The fourth-order valence-electron chi connectivity index (χ4n) is 5.12. The van der Waals surface area contributed by atoms with Crippen molar-refractivity contribution in [2.45, 2.75) is 62.6 Å². The molecule has 8 heteroatoms. The number of amides is 1. The standard InChI is InChI=1S/C23H27N5O3/c1-22-7-8-23(13-22,14-30-22)18-12-28-11-16(21(29)25-19-6-9-27(2)26-19)17(10-20(28)24-18)31-15-4-3-5-15/h6,9-12,15H,3-5,7-8,13-14H2,1-2H3,(H,25,26,29)/t22-,23-/m1/s1. The highest BCUT2D eigenvalue weighted by Crippen LogP contribution is 2.53. The van der Waals surface area contributed by atoms with Crippen LogP contribution < -0.4 is 10.1 Å². The SMILES string of the molecule is Cn1ccc(NC(=O)c2cn3cc([C@]45CC[C@](C)(C4)OC5)nc3cc2OC2CCC2)n1. The van der Waals surface area contributed by atoms with Gasteiger partial charge in [-0.15, -0.1) is 0 Å². The summed E-state index contributed by atoms with van der Waals surface area (Å²) in [7, 11) is 1.82. The lowest BCUT2D eigenvalue weighted by Crippen LogP contribution is -2.26. The molecule has 3 aliphatic rings. The number of fused-ring (bicyclic) bond motifs is 3. The fourth-order valence-corrected chi connectivity index (χ4v) is 5.12. The topological polar surface area (TPSA) is 82.7 Å². The summed E-state index contributed by atoms with van der Waals surface area (Å²) in [5.74, 6) is 0.862. The van der Waals surface area contributed by atoms with E-state index in [-0.39, 0.29) is 23.0 Å². The third kappa shape index (κ3) is 3.12. The van der Waals surface area contributed by atoms with Crippen molar-refractivity contribution in [1.29, 1.82) is 0 Å². The van der Waals surface area contributed by atoms with Crippen LogP contribution in [0.3, 0.4) is 0 Å². The molecule has 3 aromatic rings. The Morgan fingerprint density at radius 1 is 1.32 bits per heavy atom. The highest BCUT2D eigenvalue weighted by atomic mass is 16.5. The van der Waals surface area contributed by atoms with Crippen LogP contribution >= 0.6 is 0 Å². The summed E-state index contributed by atoms with van der Waals surface area (Å²) in [5, 5.41) is 7.14. The molecule has 0 unspecified atom stereocenters. The van der Waals surface area contributed by atoms with Crippen LogP contribution in [-0.2, 0) is 17.2 Å². The van der Waals surface area contributed by atoms with Crippen molar-refractivity contribution >= 4 is 17.4 Å². The van der Waals surface area contributed by atoms with E-state index in [4.69, 9.17) is 14.5 Å². The first-order valence-corrected chi connectivity index (χ1v) is 11.1. The van der Waals surface area contributed by atoms with Crippen LogP contribution in [0.25, 0.3) is 5.65 Å². The Hall–Kier alpha value is -2.87. The van der Waals surface area contributed by atoms with E-state index in [9.17, 15) is 4.79 Å². The zero-order valence-corrected chi connectivity index (χ0v) is 17.9. The molecule has 0 aromatic carbocycles. The van der Waals surface area contributed by atoms with Crippen LogP contribution in [-0.4, -0.2) is 43.4 Å². The molecule has 1 N–H and O–H groups in total. The number of imidazole rings is 1. The van der Waals surface area contributed by atoms with E-state index in [1.54, 1.807) is 16.9 Å². The van der Waals surface area contributed by atoms with Gasteiger partial charge in [0.05, 0.1) is 29.6 Å². The second kappa shape index (κ2) is 6.56. The van der Waals surface area contributed by atoms with Gasteiger partial charge in [-0.05, 0) is 45.4 Å². The summed E-state index contributed by atoms with van der Waals surface area (Å²) in [6, 6.07) is 3.67. The Morgan fingerprint density at radius 2 is 2.19 bits per heavy atom. The van der Waals surface area contributed by atoms with E-state index >= 15 is 0 Å². The number of ether oxygens (including phenoxy) is 2. The molecule has 8 nitrogen and oxygen atoms in total. The Morgan fingerprint density at radius 3 is 2.81 bits per heavy atom. The summed E-state index contributed by atoms with van der Waals surface area (Å²) >= 11 is 0. The number of anilines is 1. The second-order valence-electron chi connectivity index (χ2n) is 9.64. The third-order valence-electron chi connectivity index (χ3n) is 7.19. The van der Waals surface area contributed by atoms with Crippen molar-refractivity contribution in [3.05, 3.63) is 42.0 Å². The van der Waals surface area contributed by atoms with Crippen molar-refractivity contribution < 1.29 is 14.3 Å². The number of hydrogen-bond acceptors (Lipinski definition) is 5. The largest absolute Gasteiger partial charge is 0.489 e. The summed E-state index contributed by atoms with van der Waals surface area (Å²) in [6.45, 7) is 2.91. The number of hydrogen-bond donors (Lipinski definition) is 1. The molecule has 31 heavy (non-hydrogen) atoms. The Kier molecular flexibility index (Phi) is 3.99. The van der Waals surface area contributed by atoms with Gasteiger partial charge >= 0.3 is 0 Å². The molecule has 0 spiro atoms. The summed E-state index contributed by atoms with van der Waals surface area (Å²) in [4.78, 5) is 18.1. The predicted octanol–water partition coefficient (Wildman–Crippen LogP) is 3.46. The van der Waals surface area contributed by atoms with Crippen molar-refractivity contribution in [3.63, 3.8) is 0 Å². The number of nitrogens with one attached hydrogen (secondary N) is 1. The maximum atomic E-state index is 13.1. The first-order valence-electron chi connectivity index (χ1n) is 11.1. The number of carbonyl (C=O) groups excluding carboxylic acids is 1. The molecule has 162 valence electrons. The van der Waals surface area contributed by atoms with Crippen molar-refractivity contribution in [1.82, 2.24) is 19.2 Å². The molecule has 1 saturated heterocycles. The first kappa shape index (κ1) is 18.9. The molecule has 2 aliphatic carbocycles. The third-order valence-corrected chi connectivity index (χ3v) is 7.19. The van der Waals surface area contributed by atoms with E-state index in [1.165, 1.54) is 0 Å². The molecule has 1 aliphatic heterocycles. The van der Waals surface area contributed by atoms with Gasteiger partial charge in [-0.2, -0.15) is 5.10 Å². The second-order valence-corrected chi connectivity index (χ2v) is 9.64. The molecule has 2 saturated carbocycles. The molecular formula is C23H27N5O3. The van der Waals surface area contributed by atoms with Gasteiger partial charge in [0.1, 0.15) is 11.4 Å². The van der Waals surface area contributed by atoms with Crippen LogP contribution in [0.4, 0.5) is 5.82 Å². The number of aromatic nitrogens is 4. The smallest absolute Gasteiger partial charge is 0.262 e. The average molecular weight is 422 g/mol. The molecule has 2 bridgehead atoms. The maximum absolute atomic E-state index is 13.1. The molecule has 3 fully saturated rings. The summed E-state index contributed by atoms with van der Waals surface area (Å²) in [5.41, 5.74) is 2.29. The molecule has 3 aromatic heterocycles. The van der Waals surface area contributed by atoms with Gasteiger partial charge in [0.2, 0.25) is 0 Å². The van der Waals surface area contributed by atoms with Crippen LogP contribution in [0, 0.1) is 0 Å². The van der Waals surface area contributed by atoms with Crippen molar-refractivity contribution in [2.24, 2.45) is 7.05 Å². The Bertz CT molecular complexity index is 1170. The van der Waals surface area contributed by atoms with Crippen LogP contribution in [0.2, 0.25) is 0 Å². The van der Waals surface area contributed by atoms with Crippen LogP contribution in [0.1, 0.15) is 61.5 Å². The van der Waals surface area contributed by atoms with Crippen molar-refractivity contribution in [2.75, 3.05) is 11.9 Å². The van der Waals surface area contributed by atoms with Crippen molar-refractivity contribution in [3.8, 4) is 5.75 Å². The quantitative estimate of drug-likeness (QED) is 0.682. The van der Waals surface area contributed by atoms with E-state index in [1.807, 2.05) is 23.7 Å². The maximum Gasteiger partial charge on any atom is 0.262 e. The van der Waals surface area contributed by atoms with Gasteiger partial charge < -0.3 is 19.2 Å². The molecule has 6 rings (SSSR count). The minimum absolute atomic E-state index is 0.0217. The Labute approximate surface area is 180 Å². The number of nitrogens with zero attached hydrogens (tertiary/aromatic N) is 4. The minimum Gasteiger partial charge on any atom is -0.489 e. The average Bonchev–Trinajstić information content (AvgIpc) is 3.46. The lowest BCUT2D eigenvalue weighted by molar-refractivity contribution is -0.00627. The first-order chi connectivity index (χ1) is 14.9. The highest BCUT2D eigenvalue weighted by molar-refractivity contribution is 6.05. The van der Waals surface area contributed by atoms with E-state index in [2.05, 4.69) is 23.5 Å². The Balaban J connectivity index is 1.38. The normalized spacial score (nSPS) is 27.5. The van der Waals surface area contributed by atoms with E-state index < -0.39 is 0 Å². The zero-order chi connectivity index (χ0) is 21.2. The number of carbonyl (C=O) groups is 1.